The zero-order chi connectivity index (χ0) is 26.8. The zero-order valence-electron chi connectivity index (χ0n) is 19.7. The minimum atomic E-state index is -4.76. The molecule has 36 heavy (non-hydrogen) atoms. The van der Waals surface area contributed by atoms with Crippen LogP contribution in [-0.4, -0.2) is 66.4 Å². The van der Waals surface area contributed by atoms with E-state index in [9.17, 15) is 26.4 Å². The molecule has 1 aliphatic rings. The molecule has 2 atom stereocenters. The summed E-state index contributed by atoms with van der Waals surface area (Å²) in [7, 11) is 1.30. The first-order valence-electron chi connectivity index (χ1n) is 10.4. The lowest BCUT2D eigenvalue weighted by Gasteiger charge is -2.20. The van der Waals surface area contributed by atoms with Crippen LogP contribution >= 0.6 is 15.9 Å². The van der Waals surface area contributed by atoms with Gasteiger partial charge in [0.05, 0.1) is 32.6 Å². The number of esters is 1. The Hall–Kier alpha value is -2.71. The van der Waals surface area contributed by atoms with Crippen molar-refractivity contribution >= 4 is 37.6 Å². The van der Waals surface area contributed by atoms with E-state index in [1.165, 1.54) is 33.5 Å². The molecule has 9 nitrogen and oxygen atoms in total. The number of anilines is 1. The Kier molecular flexibility index (Phi) is 8.30. The number of rotatable bonds is 8. The van der Waals surface area contributed by atoms with E-state index in [0.717, 1.165) is 18.2 Å². The normalized spacial score (nSPS) is 18.6. The van der Waals surface area contributed by atoms with Gasteiger partial charge < -0.3 is 18.9 Å². The Labute approximate surface area is 214 Å². The molecular formula is C22H24BrF3N2O7S. The Morgan fingerprint density at radius 2 is 1.72 bits per heavy atom. The smallest absolute Gasteiger partial charge is 0.419 e. The molecule has 198 valence electrons. The molecule has 2 aromatic carbocycles. The lowest BCUT2D eigenvalue weighted by molar-refractivity contribution is -0.145. The van der Waals surface area contributed by atoms with Crippen molar-refractivity contribution in [2.45, 2.75) is 29.6 Å². The molecule has 14 heteroatoms. The van der Waals surface area contributed by atoms with E-state index in [2.05, 4.69) is 20.7 Å². The van der Waals surface area contributed by atoms with Crippen molar-refractivity contribution in [3.8, 4) is 17.2 Å². The molecule has 0 bridgehead atoms. The third kappa shape index (κ3) is 5.98. The summed E-state index contributed by atoms with van der Waals surface area (Å²) >= 11 is 3.17. The molecule has 1 fully saturated rings. The fourth-order valence-electron chi connectivity index (χ4n) is 3.80. The van der Waals surface area contributed by atoms with E-state index in [1.54, 1.807) is 11.9 Å². The van der Waals surface area contributed by atoms with Crippen LogP contribution in [0.2, 0.25) is 0 Å². The summed E-state index contributed by atoms with van der Waals surface area (Å²) in [5.74, 6) is -0.678. The number of hydrogen-bond donors (Lipinski definition) is 1. The largest absolute Gasteiger partial charge is 0.493 e. The van der Waals surface area contributed by atoms with Crippen molar-refractivity contribution in [2.24, 2.45) is 0 Å². The predicted octanol–water partition coefficient (Wildman–Crippen LogP) is 3.91. The van der Waals surface area contributed by atoms with Crippen LogP contribution in [0.5, 0.6) is 17.2 Å². The van der Waals surface area contributed by atoms with Crippen LogP contribution < -0.4 is 18.9 Å². The molecule has 0 saturated carbocycles. The maximum absolute atomic E-state index is 13.7. The Bertz CT molecular complexity index is 1240. The van der Waals surface area contributed by atoms with Crippen LogP contribution in [0.15, 0.2) is 39.7 Å². The van der Waals surface area contributed by atoms with Crippen molar-refractivity contribution in [3.05, 3.63) is 40.4 Å². The number of methoxy groups -OCH3 is 3. The van der Waals surface area contributed by atoms with Gasteiger partial charge in [-0.1, -0.05) is 0 Å². The second kappa shape index (κ2) is 10.7. The standard InChI is InChI=1S/C22H24BrF3N2O7S/c1-28-11-13(8-16(28)21(29)34-4)35-17-7-12(5-6-14(17)22(24,25)26)27-36(30,31)20-10-19(33-3)18(32-2)9-15(20)23/h5-7,9-10,13,16,27H,8,11H2,1-4H3/t13-,16-/m1/s1. The van der Waals surface area contributed by atoms with Crippen LogP contribution in [0.4, 0.5) is 18.9 Å². The maximum Gasteiger partial charge on any atom is 0.419 e. The minimum absolute atomic E-state index is 0.106. The SMILES string of the molecule is COC(=O)[C@H]1C[C@@H](Oc2cc(NS(=O)(=O)c3cc(OC)c(OC)cc3Br)ccc2C(F)(F)F)CN1C. The maximum atomic E-state index is 13.7. The fourth-order valence-corrected chi connectivity index (χ4v) is 5.88. The third-order valence-electron chi connectivity index (χ3n) is 5.54. The molecule has 0 radical (unpaired) electrons. The molecule has 1 N–H and O–H groups in total. The number of sulfonamides is 1. The highest BCUT2D eigenvalue weighted by Gasteiger charge is 2.39. The molecule has 0 amide bonds. The van der Waals surface area contributed by atoms with Crippen molar-refractivity contribution in [2.75, 3.05) is 39.6 Å². The summed E-state index contributed by atoms with van der Waals surface area (Å²) in [6.07, 6.45) is -5.41. The van der Waals surface area contributed by atoms with Gasteiger partial charge in [-0.3, -0.25) is 14.4 Å². The number of ether oxygens (including phenoxy) is 4. The van der Waals surface area contributed by atoms with Gasteiger partial charge in [-0.05, 0) is 41.2 Å². The van der Waals surface area contributed by atoms with Crippen LogP contribution in [0, 0.1) is 0 Å². The van der Waals surface area contributed by atoms with Gasteiger partial charge >= 0.3 is 12.1 Å². The Morgan fingerprint density at radius 3 is 2.31 bits per heavy atom. The number of hydrogen-bond acceptors (Lipinski definition) is 8. The molecule has 3 rings (SSSR count). The van der Waals surface area contributed by atoms with Gasteiger partial charge in [0.2, 0.25) is 0 Å². The number of likely N-dealkylation sites (tertiary alicyclic amines) is 1. The third-order valence-corrected chi connectivity index (χ3v) is 7.88. The highest BCUT2D eigenvalue weighted by molar-refractivity contribution is 9.10. The van der Waals surface area contributed by atoms with Crippen molar-refractivity contribution < 1.29 is 45.3 Å². The number of benzene rings is 2. The summed E-state index contributed by atoms with van der Waals surface area (Å²) in [6, 6.07) is 4.61. The number of likely N-dealkylation sites (N-methyl/N-ethyl adjacent to an activating group) is 1. The van der Waals surface area contributed by atoms with Gasteiger partial charge in [-0.2, -0.15) is 13.2 Å². The van der Waals surface area contributed by atoms with Gasteiger partial charge in [-0.25, -0.2) is 8.42 Å². The van der Waals surface area contributed by atoms with E-state index >= 15 is 0 Å². The van der Waals surface area contributed by atoms with Crippen LogP contribution in [0.3, 0.4) is 0 Å². The van der Waals surface area contributed by atoms with E-state index in [4.69, 9.17) is 18.9 Å². The summed E-state index contributed by atoms with van der Waals surface area (Å²) in [5, 5.41) is 0. The highest BCUT2D eigenvalue weighted by Crippen LogP contribution is 2.40. The number of nitrogens with zero attached hydrogens (tertiary/aromatic N) is 1. The summed E-state index contributed by atoms with van der Waals surface area (Å²) in [6.45, 7) is 0.172. The first-order valence-corrected chi connectivity index (χ1v) is 12.7. The van der Waals surface area contributed by atoms with E-state index < -0.39 is 45.6 Å². The molecule has 0 unspecified atom stereocenters. The second-order valence-electron chi connectivity index (χ2n) is 7.91. The second-order valence-corrected chi connectivity index (χ2v) is 10.4. The Morgan fingerprint density at radius 1 is 1.08 bits per heavy atom. The molecule has 1 heterocycles. The van der Waals surface area contributed by atoms with Gasteiger partial charge in [0.1, 0.15) is 22.8 Å². The molecule has 1 saturated heterocycles. The molecule has 2 aromatic rings. The summed E-state index contributed by atoms with van der Waals surface area (Å²) in [4.78, 5) is 13.3. The lowest BCUT2D eigenvalue weighted by atomic mass is 10.1. The molecule has 0 aromatic heterocycles. The minimum Gasteiger partial charge on any atom is -0.493 e. The monoisotopic (exact) mass is 596 g/mol. The zero-order valence-corrected chi connectivity index (χ0v) is 22.1. The highest BCUT2D eigenvalue weighted by atomic mass is 79.9. The number of carbonyl (C=O) groups excluding carboxylic acids is 1. The van der Waals surface area contributed by atoms with Gasteiger partial charge in [0.25, 0.3) is 10.0 Å². The average Bonchev–Trinajstić information content (AvgIpc) is 3.16. The number of halogens is 4. The number of nitrogens with one attached hydrogen (secondary N) is 1. The van der Waals surface area contributed by atoms with Gasteiger partial charge in [-0.15, -0.1) is 0 Å². The summed E-state index contributed by atoms with van der Waals surface area (Å²) in [5.41, 5.74) is -1.24. The van der Waals surface area contributed by atoms with Crippen LogP contribution in [-0.2, 0) is 25.7 Å². The number of alkyl halides is 3. The van der Waals surface area contributed by atoms with E-state index in [0.29, 0.717) is 0 Å². The van der Waals surface area contributed by atoms with Gasteiger partial charge in [0.15, 0.2) is 11.5 Å². The van der Waals surface area contributed by atoms with Crippen molar-refractivity contribution in [1.29, 1.82) is 0 Å². The summed E-state index contributed by atoms with van der Waals surface area (Å²) < 4.78 is 90.2. The quantitative estimate of drug-likeness (QED) is 0.458. The van der Waals surface area contributed by atoms with Gasteiger partial charge in [0, 0.05) is 29.6 Å². The first-order chi connectivity index (χ1) is 16.8. The average molecular weight is 597 g/mol. The number of carbonyl (C=O) groups is 1. The predicted molar refractivity (Wildman–Crippen MR) is 127 cm³/mol. The van der Waals surface area contributed by atoms with Crippen LogP contribution in [0.1, 0.15) is 12.0 Å². The molecular weight excluding hydrogens is 573 g/mol. The fraction of sp³-hybridized carbons (Fsp3) is 0.409. The molecule has 0 spiro atoms. The van der Waals surface area contributed by atoms with Crippen LogP contribution in [0.25, 0.3) is 0 Å². The molecule has 0 aliphatic carbocycles. The van der Waals surface area contributed by atoms with E-state index in [1.807, 2.05) is 0 Å². The Balaban J connectivity index is 1.93. The first kappa shape index (κ1) is 27.9. The van der Waals surface area contributed by atoms with Crippen molar-refractivity contribution in [1.82, 2.24) is 4.90 Å². The topological polar surface area (TPSA) is 103 Å². The van der Waals surface area contributed by atoms with Crippen molar-refractivity contribution in [3.63, 3.8) is 0 Å². The lowest BCUT2D eigenvalue weighted by Crippen LogP contribution is -2.33. The van der Waals surface area contributed by atoms with E-state index in [-0.39, 0.29) is 39.5 Å². The molecule has 1 aliphatic heterocycles.